The normalized spacial score (nSPS) is 15.5. The lowest BCUT2D eigenvalue weighted by Crippen LogP contribution is -2.24. The summed E-state index contributed by atoms with van der Waals surface area (Å²) in [5.74, 6) is 0.766. The lowest BCUT2D eigenvalue weighted by atomic mass is 9.90. The molecule has 0 spiro atoms. The molecule has 1 aliphatic rings. The van der Waals surface area contributed by atoms with Crippen LogP contribution in [0.3, 0.4) is 0 Å². The quantitative estimate of drug-likeness (QED) is 0.492. The lowest BCUT2D eigenvalue weighted by molar-refractivity contribution is -0.116. The van der Waals surface area contributed by atoms with E-state index in [-0.39, 0.29) is 5.91 Å². The summed E-state index contributed by atoms with van der Waals surface area (Å²) in [5.41, 5.74) is 4.61. The van der Waals surface area contributed by atoms with E-state index in [0.717, 1.165) is 41.1 Å². The van der Waals surface area contributed by atoms with Crippen LogP contribution >= 0.6 is 0 Å². The van der Waals surface area contributed by atoms with Crippen molar-refractivity contribution < 1.29 is 4.79 Å². The Morgan fingerprint density at radius 1 is 1.14 bits per heavy atom. The van der Waals surface area contributed by atoms with Gasteiger partial charge in [0.15, 0.2) is 0 Å². The number of carbonyl (C=O) groups is 1. The average molecular weight is 301 g/mol. The highest BCUT2D eigenvalue weighted by Crippen LogP contribution is 2.32. The summed E-state index contributed by atoms with van der Waals surface area (Å²) in [6.45, 7) is 15.5. The summed E-state index contributed by atoms with van der Waals surface area (Å²) in [6.07, 6.45) is 9.56. The standard InChI is InChI=1S/C20H31NO/c1-14(2)13-18(12-11-17-9-7-8-10-17)19(15(3)4)20(22)21-16(5)6/h13,17H,1,5,7-12H2,2-4,6H3,(H,21,22)/b18-13-. The zero-order valence-corrected chi connectivity index (χ0v) is 14.7. The Kier molecular flexibility index (Phi) is 7.37. The first-order valence-electron chi connectivity index (χ1n) is 8.32. The van der Waals surface area contributed by atoms with E-state index < -0.39 is 0 Å². The first kappa shape index (κ1) is 18.5. The molecule has 1 rings (SSSR count). The number of nitrogens with one attached hydrogen (secondary N) is 1. The van der Waals surface area contributed by atoms with Gasteiger partial charge in [-0.15, -0.1) is 0 Å². The first-order chi connectivity index (χ1) is 10.3. The third-order valence-electron chi connectivity index (χ3n) is 4.09. The third-order valence-corrected chi connectivity index (χ3v) is 4.09. The number of allylic oxidation sites excluding steroid dienone is 4. The van der Waals surface area contributed by atoms with Gasteiger partial charge in [-0.3, -0.25) is 4.79 Å². The maximum absolute atomic E-state index is 12.5. The molecule has 1 aliphatic carbocycles. The van der Waals surface area contributed by atoms with E-state index in [0.29, 0.717) is 5.70 Å². The molecular formula is C20H31NO. The third kappa shape index (κ3) is 6.05. The highest BCUT2D eigenvalue weighted by Gasteiger charge is 2.20. The molecular weight excluding hydrogens is 270 g/mol. The van der Waals surface area contributed by atoms with Crippen LogP contribution in [0.2, 0.25) is 0 Å². The van der Waals surface area contributed by atoms with Crippen LogP contribution in [0.5, 0.6) is 0 Å². The molecule has 1 fully saturated rings. The van der Waals surface area contributed by atoms with E-state index in [2.05, 4.69) is 24.6 Å². The summed E-state index contributed by atoms with van der Waals surface area (Å²) < 4.78 is 0. The molecule has 0 aliphatic heterocycles. The smallest absolute Gasteiger partial charge is 0.255 e. The predicted octanol–water partition coefficient (Wildman–Crippen LogP) is 5.45. The van der Waals surface area contributed by atoms with Crippen LogP contribution in [0.15, 0.2) is 47.2 Å². The van der Waals surface area contributed by atoms with Gasteiger partial charge in [-0.2, -0.15) is 0 Å². The van der Waals surface area contributed by atoms with E-state index in [1.165, 1.54) is 25.7 Å². The molecule has 0 unspecified atom stereocenters. The van der Waals surface area contributed by atoms with Crippen molar-refractivity contribution in [1.29, 1.82) is 0 Å². The Morgan fingerprint density at radius 2 is 1.73 bits per heavy atom. The molecule has 1 amide bonds. The molecule has 0 aromatic rings. The van der Waals surface area contributed by atoms with Crippen molar-refractivity contribution in [3.8, 4) is 0 Å². The molecule has 0 saturated heterocycles. The molecule has 0 aromatic carbocycles. The number of hydrogen-bond acceptors (Lipinski definition) is 1. The molecule has 2 heteroatoms. The van der Waals surface area contributed by atoms with Crippen LogP contribution < -0.4 is 5.32 Å². The summed E-state index contributed by atoms with van der Waals surface area (Å²) in [7, 11) is 0. The van der Waals surface area contributed by atoms with E-state index in [4.69, 9.17) is 0 Å². The van der Waals surface area contributed by atoms with Crippen LogP contribution in [0.1, 0.15) is 66.2 Å². The van der Waals surface area contributed by atoms with Crippen molar-refractivity contribution in [2.45, 2.75) is 66.2 Å². The Labute approximate surface area is 136 Å². The molecule has 122 valence electrons. The van der Waals surface area contributed by atoms with Crippen molar-refractivity contribution in [2.24, 2.45) is 5.92 Å². The molecule has 0 radical (unpaired) electrons. The van der Waals surface area contributed by atoms with E-state index in [1.807, 2.05) is 20.8 Å². The summed E-state index contributed by atoms with van der Waals surface area (Å²) in [6, 6.07) is 0. The Morgan fingerprint density at radius 3 is 2.18 bits per heavy atom. The molecule has 22 heavy (non-hydrogen) atoms. The van der Waals surface area contributed by atoms with Gasteiger partial charge in [0.1, 0.15) is 0 Å². The van der Waals surface area contributed by atoms with Crippen LogP contribution in [-0.4, -0.2) is 5.91 Å². The summed E-state index contributed by atoms with van der Waals surface area (Å²) in [5, 5.41) is 2.84. The van der Waals surface area contributed by atoms with E-state index >= 15 is 0 Å². The molecule has 0 aromatic heterocycles. The molecule has 0 heterocycles. The number of amides is 1. The van der Waals surface area contributed by atoms with Crippen molar-refractivity contribution in [2.75, 3.05) is 0 Å². The van der Waals surface area contributed by atoms with Gasteiger partial charge in [-0.05, 0) is 52.0 Å². The van der Waals surface area contributed by atoms with E-state index in [9.17, 15) is 4.79 Å². The van der Waals surface area contributed by atoms with Gasteiger partial charge in [0, 0.05) is 11.3 Å². The van der Waals surface area contributed by atoms with Crippen molar-refractivity contribution in [3.63, 3.8) is 0 Å². The van der Waals surface area contributed by atoms with Crippen LogP contribution in [-0.2, 0) is 4.79 Å². The topological polar surface area (TPSA) is 29.1 Å². The zero-order chi connectivity index (χ0) is 16.7. The average Bonchev–Trinajstić information content (AvgIpc) is 2.86. The maximum Gasteiger partial charge on any atom is 0.255 e. The van der Waals surface area contributed by atoms with Crippen molar-refractivity contribution in [1.82, 2.24) is 5.32 Å². The minimum Gasteiger partial charge on any atom is -0.327 e. The van der Waals surface area contributed by atoms with Gasteiger partial charge < -0.3 is 5.32 Å². The van der Waals surface area contributed by atoms with Crippen molar-refractivity contribution in [3.05, 3.63) is 47.2 Å². The van der Waals surface area contributed by atoms with Gasteiger partial charge in [-0.1, -0.05) is 56.1 Å². The van der Waals surface area contributed by atoms with Gasteiger partial charge in [-0.25, -0.2) is 0 Å². The SMILES string of the molecule is C=C(C)/C=C(/CCC1CCCC1)C(C(=O)NC(=C)C)=C(C)C. The maximum atomic E-state index is 12.5. The number of carbonyl (C=O) groups excluding carboxylic acids is 1. The van der Waals surface area contributed by atoms with Crippen LogP contribution in [0.25, 0.3) is 0 Å². The summed E-state index contributed by atoms with van der Waals surface area (Å²) in [4.78, 5) is 12.5. The molecule has 1 N–H and O–H groups in total. The van der Waals surface area contributed by atoms with Gasteiger partial charge >= 0.3 is 0 Å². The zero-order valence-electron chi connectivity index (χ0n) is 14.7. The first-order valence-corrected chi connectivity index (χ1v) is 8.32. The molecule has 1 saturated carbocycles. The fourth-order valence-electron chi connectivity index (χ4n) is 3.18. The van der Waals surface area contributed by atoms with Gasteiger partial charge in [0.05, 0.1) is 0 Å². The molecule has 0 atom stereocenters. The number of hydrogen-bond donors (Lipinski definition) is 1. The Hall–Kier alpha value is -1.57. The van der Waals surface area contributed by atoms with Gasteiger partial charge in [0.2, 0.25) is 0 Å². The van der Waals surface area contributed by atoms with Crippen LogP contribution in [0, 0.1) is 5.92 Å². The second kappa shape index (κ2) is 8.77. The van der Waals surface area contributed by atoms with Crippen LogP contribution in [0.4, 0.5) is 0 Å². The minimum absolute atomic E-state index is 0.0496. The lowest BCUT2D eigenvalue weighted by Gasteiger charge is -2.17. The Bertz CT molecular complexity index is 498. The fourth-order valence-corrected chi connectivity index (χ4v) is 3.18. The highest BCUT2D eigenvalue weighted by atomic mass is 16.1. The van der Waals surface area contributed by atoms with Crippen molar-refractivity contribution >= 4 is 5.91 Å². The molecule has 2 nitrogen and oxygen atoms in total. The van der Waals surface area contributed by atoms with Gasteiger partial charge in [0.25, 0.3) is 5.91 Å². The molecule has 0 bridgehead atoms. The van der Waals surface area contributed by atoms with E-state index in [1.54, 1.807) is 6.92 Å². The predicted molar refractivity (Wildman–Crippen MR) is 95.4 cm³/mol. The minimum atomic E-state index is -0.0496. The monoisotopic (exact) mass is 301 g/mol. The second-order valence-electron chi connectivity index (χ2n) is 6.81. The second-order valence-corrected chi connectivity index (χ2v) is 6.81. The Balaban J connectivity index is 2.95. The summed E-state index contributed by atoms with van der Waals surface area (Å²) >= 11 is 0. The largest absolute Gasteiger partial charge is 0.327 e. The fraction of sp³-hybridized carbons (Fsp3) is 0.550. The highest BCUT2D eigenvalue weighted by molar-refractivity contribution is 5.99. The number of rotatable bonds is 7.